The number of aromatic nitrogens is 1. The third kappa shape index (κ3) is 4.37. The molecule has 0 aliphatic carbocycles. The lowest BCUT2D eigenvalue weighted by Gasteiger charge is -2.04. The minimum atomic E-state index is 0.920. The summed E-state index contributed by atoms with van der Waals surface area (Å²) in [5, 5.41) is 3.40. The molecule has 0 bridgehead atoms. The molecule has 17 heavy (non-hydrogen) atoms. The Balaban J connectivity index is 1.61. The summed E-state index contributed by atoms with van der Waals surface area (Å²) in [6.45, 7) is 1.84. The van der Waals surface area contributed by atoms with Crippen LogP contribution in [0.15, 0.2) is 54.9 Å². The summed E-state index contributed by atoms with van der Waals surface area (Å²) in [5.74, 6) is 0. The van der Waals surface area contributed by atoms with E-state index in [4.69, 9.17) is 0 Å². The van der Waals surface area contributed by atoms with Gasteiger partial charge in [-0.15, -0.1) is 0 Å². The summed E-state index contributed by atoms with van der Waals surface area (Å²) in [4.78, 5) is 4.09. The lowest BCUT2D eigenvalue weighted by Crippen LogP contribution is -2.15. The summed E-state index contributed by atoms with van der Waals surface area (Å²) in [7, 11) is 0. The summed E-state index contributed by atoms with van der Waals surface area (Å²) >= 11 is 0. The van der Waals surface area contributed by atoms with Gasteiger partial charge in [0.25, 0.3) is 0 Å². The van der Waals surface area contributed by atoms with Gasteiger partial charge in [0.05, 0.1) is 0 Å². The molecule has 2 aromatic rings. The number of nitrogens with one attached hydrogen (secondary N) is 1. The van der Waals surface area contributed by atoms with E-state index in [1.807, 2.05) is 18.3 Å². The predicted octanol–water partition coefficient (Wildman–Crippen LogP) is 2.62. The average molecular weight is 225 g/mol. The van der Waals surface area contributed by atoms with Gasteiger partial charge in [-0.3, -0.25) is 4.98 Å². The Kier molecular flexibility index (Phi) is 4.73. The number of hydrogen-bond acceptors (Lipinski definition) is 2. The number of nitrogens with zero attached hydrogens (tertiary/aromatic N) is 1. The van der Waals surface area contributed by atoms with Crippen molar-refractivity contribution in [2.45, 2.75) is 13.0 Å². The molecule has 0 spiro atoms. The number of benzene rings is 1. The Bertz CT molecular complexity index is 370. The molecule has 0 atom stereocenters. The van der Waals surface area contributed by atoms with Gasteiger partial charge in [0, 0.05) is 18.9 Å². The van der Waals surface area contributed by atoms with Gasteiger partial charge in [-0.05, 0) is 36.6 Å². The number of rotatable bonds is 6. The Labute approximate surface area is 103 Å². The molecule has 0 unspecified atom stereocenters. The molecule has 0 saturated carbocycles. The molecule has 1 aromatic carbocycles. The fourth-order valence-corrected chi connectivity index (χ4v) is 1.67. The number of pyridine rings is 1. The van der Waals surface area contributed by atoms with Gasteiger partial charge in [-0.2, -0.15) is 0 Å². The minimum Gasteiger partial charge on any atom is -0.312 e. The van der Waals surface area contributed by atoms with Crippen LogP contribution in [0.1, 0.15) is 11.1 Å². The fraction of sp³-hybridized carbons (Fsp3) is 0.200. The highest BCUT2D eigenvalue weighted by Gasteiger charge is 1.93. The minimum absolute atomic E-state index is 0.920. The normalized spacial score (nSPS) is 10.4. The van der Waals surface area contributed by atoms with E-state index in [1.54, 1.807) is 6.20 Å². The van der Waals surface area contributed by atoms with Crippen LogP contribution in [-0.2, 0) is 13.0 Å². The highest BCUT2D eigenvalue weighted by atomic mass is 14.8. The van der Waals surface area contributed by atoms with Crippen molar-refractivity contribution in [2.75, 3.05) is 6.54 Å². The highest BCUT2D eigenvalue weighted by Crippen LogP contribution is 2.00. The summed E-state index contributed by atoms with van der Waals surface area (Å²) < 4.78 is 0. The molecule has 0 saturated heterocycles. The Hall–Kier alpha value is -1.67. The van der Waals surface area contributed by atoms with E-state index >= 15 is 0 Å². The lowest BCUT2D eigenvalue weighted by molar-refractivity contribution is 0.725. The zero-order chi connectivity index (χ0) is 11.8. The standard InChI is InChI=1S/C15H17N2/c1-2-6-14(7-3-1)12-16-10-4-8-15-9-5-11-17-13-15/h1-7,9,11,13,16H,8,10,12H2. The van der Waals surface area contributed by atoms with Crippen LogP contribution < -0.4 is 5.32 Å². The molecule has 0 amide bonds. The summed E-state index contributed by atoms with van der Waals surface area (Å²) in [6, 6.07) is 14.5. The van der Waals surface area contributed by atoms with Gasteiger partial charge in [0.15, 0.2) is 0 Å². The molecule has 2 heteroatoms. The second-order valence-corrected chi connectivity index (χ2v) is 3.97. The maximum absolute atomic E-state index is 4.09. The van der Waals surface area contributed by atoms with Crippen LogP contribution in [0.5, 0.6) is 0 Å². The quantitative estimate of drug-likeness (QED) is 0.764. The molecular formula is C15H17N2. The largest absolute Gasteiger partial charge is 0.312 e. The van der Waals surface area contributed by atoms with E-state index < -0.39 is 0 Å². The predicted molar refractivity (Wildman–Crippen MR) is 70.4 cm³/mol. The van der Waals surface area contributed by atoms with Crippen molar-refractivity contribution in [3.05, 3.63) is 72.4 Å². The van der Waals surface area contributed by atoms with Crippen molar-refractivity contribution in [2.24, 2.45) is 0 Å². The molecule has 1 aromatic heterocycles. The molecule has 0 aliphatic rings. The van der Waals surface area contributed by atoms with Gasteiger partial charge in [0.2, 0.25) is 0 Å². The molecular weight excluding hydrogens is 208 g/mol. The second-order valence-electron chi connectivity index (χ2n) is 3.97. The van der Waals surface area contributed by atoms with Crippen molar-refractivity contribution in [1.82, 2.24) is 10.3 Å². The van der Waals surface area contributed by atoms with Crippen LogP contribution in [-0.4, -0.2) is 11.5 Å². The van der Waals surface area contributed by atoms with Crippen molar-refractivity contribution in [3.8, 4) is 0 Å². The topological polar surface area (TPSA) is 24.9 Å². The molecule has 2 nitrogen and oxygen atoms in total. The van der Waals surface area contributed by atoms with Crippen LogP contribution in [0.2, 0.25) is 0 Å². The molecule has 2 rings (SSSR count). The van der Waals surface area contributed by atoms with Gasteiger partial charge >= 0.3 is 0 Å². The van der Waals surface area contributed by atoms with E-state index in [0.717, 1.165) is 19.5 Å². The first-order valence-electron chi connectivity index (χ1n) is 5.90. The van der Waals surface area contributed by atoms with Gasteiger partial charge in [-0.25, -0.2) is 0 Å². The van der Waals surface area contributed by atoms with Crippen LogP contribution in [0.3, 0.4) is 0 Å². The van der Waals surface area contributed by atoms with E-state index in [-0.39, 0.29) is 0 Å². The molecule has 1 radical (unpaired) electrons. The van der Waals surface area contributed by atoms with Crippen LogP contribution in [0.25, 0.3) is 0 Å². The zero-order valence-corrected chi connectivity index (χ0v) is 9.84. The van der Waals surface area contributed by atoms with Crippen molar-refractivity contribution in [3.63, 3.8) is 0 Å². The van der Waals surface area contributed by atoms with E-state index in [0.29, 0.717) is 0 Å². The van der Waals surface area contributed by atoms with Crippen molar-refractivity contribution >= 4 is 0 Å². The smallest absolute Gasteiger partial charge is 0.0299 e. The SMILES string of the molecule is [CH](CNCc1ccccc1)Cc1cccnc1. The van der Waals surface area contributed by atoms with Crippen LogP contribution >= 0.6 is 0 Å². The second kappa shape index (κ2) is 6.81. The molecule has 0 aliphatic heterocycles. The molecule has 0 fully saturated rings. The Morgan fingerprint density at radius 2 is 1.82 bits per heavy atom. The van der Waals surface area contributed by atoms with E-state index in [1.165, 1.54) is 11.1 Å². The maximum atomic E-state index is 4.09. The lowest BCUT2D eigenvalue weighted by atomic mass is 10.1. The maximum Gasteiger partial charge on any atom is 0.0299 e. The molecule has 87 valence electrons. The van der Waals surface area contributed by atoms with Gasteiger partial charge in [-0.1, -0.05) is 36.4 Å². The fourth-order valence-electron chi connectivity index (χ4n) is 1.67. The zero-order valence-electron chi connectivity index (χ0n) is 9.84. The monoisotopic (exact) mass is 225 g/mol. The Morgan fingerprint density at radius 1 is 1.00 bits per heavy atom. The molecule has 1 heterocycles. The summed E-state index contributed by atoms with van der Waals surface area (Å²) in [5.41, 5.74) is 2.58. The third-order valence-electron chi connectivity index (χ3n) is 2.56. The first kappa shape index (κ1) is 11.8. The first-order valence-corrected chi connectivity index (χ1v) is 5.90. The third-order valence-corrected chi connectivity index (χ3v) is 2.56. The van der Waals surface area contributed by atoms with Gasteiger partial charge in [0.1, 0.15) is 0 Å². The van der Waals surface area contributed by atoms with Gasteiger partial charge < -0.3 is 5.32 Å². The summed E-state index contributed by atoms with van der Waals surface area (Å²) in [6.07, 6.45) is 6.92. The number of hydrogen-bond donors (Lipinski definition) is 1. The Morgan fingerprint density at radius 3 is 2.59 bits per heavy atom. The van der Waals surface area contributed by atoms with Crippen LogP contribution in [0, 0.1) is 6.42 Å². The van der Waals surface area contributed by atoms with Crippen LogP contribution in [0.4, 0.5) is 0 Å². The van der Waals surface area contributed by atoms with Crippen molar-refractivity contribution < 1.29 is 0 Å². The average Bonchev–Trinajstić information content (AvgIpc) is 2.41. The highest BCUT2D eigenvalue weighted by molar-refractivity contribution is 5.14. The molecule has 1 N–H and O–H groups in total. The first-order chi connectivity index (χ1) is 8.45. The van der Waals surface area contributed by atoms with Crippen molar-refractivity contribution in [1.29, 1.82) is 0 Å². The van der Waals surface area contributed by atoms with E-state index in [9.17, 15) is 0 Å². The van der Waals surface area contributed by atoms with E-state index in [2.05, 4.69) is 47.1 Å².